The maximum atomic E-state index is 12.8. The molecular weight excluding hydrogens is 447 g/mol. The number of nitrogens with zero attached hydrogens (tertiary/aromatic N) is 3. The van der Waals surface area contributed by atoms with Gasteiger partial charge in [-0.05, 0) is 61.6 Å². The number of hydrogen-bond donors (Lipinski definition) is 1. The van der Waals surface area contributed by atoms with Crippen molar-refractivity contribution in [2.75, 3.05) is 26.7 Å². The highest BCUT2D eigenvalue weighted by molar-refractivity contribution is 6.30. The van der Waals surface area contributed by atoms with E-state index in [2.05, 4.69) is 15.2 Å². The highest BCUT2D eigenvalue weighted by Gasteiger charge is 2.46. The van der Waals surface area contributed by atoms with Gasteiger partial charge >= 0.3 is 0 Å². The fourth-order valence-corrected chi connectivity index (χ4v) is 5.10. The van der Waals surface area contributed by atoms with Crippen LogP contribution < -0.4 is 5.32 Å². The second kappa shape index (κ2) is 10.6. The summed E-state index contributed by atoms with van der Waals surface area (Å²) in [7, 11) is 2.02. The summed E-state index contributed by atoms with van der Waals surface area (Å²) in [5.74, 6) is 0.206. The van der Waals surface area contributed by atoms with Crippen molar-refractivity contribution in [2.24, 2.45) is 5.41 Å². The average Bonchev–Trinajstić information content (AvgIpc) is 3.09. The standard InChI is InChI=1S/C24H29ClN4O2.ClH/c1-28-17-24(15-21(28)23(31)27-16-20-7-2-3-10-26-20)8-11-29(12-9-24)22(30)14-18-5-4-6-19(25)13-18;/h2-7,10,13,21H,8-9,11-12,14-17H2,1H3,(H,27,31);1H. The predicted molar refractivity (Wildman–Crippen MR) is 128 cm³/mol. The van der Waals surface area contributed by atoms with E-state index in [0.29, 0.717) is 18.0 Å². The summed E-state index contributed by atoms with van der Waals surface area (Å²) in [6, 6.07) is 13.1. The molecule has 2 aliphatic rings. The van der Waals surface area contributed by atoms with Gasteiger partial charge in [0.05, 0.1) is 24.7 Å². The minimum Gasteiger partial charge on any atom is -0.349 e. The first-order chi connectivity index (χ1) is 14.9. The van der Waals surface area contributed by atoms with Crippen molar-refractivity contribution >= 4 is 35.8 Å². The summed E-state index contributed by atoms with van der Waals surface area (Å²) in [6.07, 6.45) is 4.82. The third-order valence-corrected chi connectivity index (χ3v) is 6.87. The summed E-state index contributed by atoms with van der Waals surface area (Å²) in [6.45, 7) is 2.83. The first-order valence-corrected chi connectivity index (χ1v) is 11.2. The Balaban J connectivity index is 0.00000289. The number of rotatable bonds is 5. The molecule has 0 radical (unpaired) electrons. The zero-order valence-corrected chi connectivity index (χ0v) is 19.9. The lowest BCUT2D eigenvalue weighted by Gasteiger charge is -2.39. The number of benzene rings is 1. The summed E-state index contributed by atoms with van der Waals surface area (Å²) in [4.78, 5) is 33.9. The molecule has 6 nitrogen and oxygen atoms in total. The fourth-order valence-electron chi connectivity index (χ4n) is 4.89. The van der Waals surface area contributed by atoms with Gasteiger partial charge in [-0.3, -0.25) is 19.5 Å². The normalized spacial score (nSPS) is 20.1. The van der Waals surface area contributed by atoms with Crippen LogP contribution in [0, 0.1) is 5.41 Å². The minimum absolute atomic E-state index is 0. The molecule has 1 aromatic carbocycles. The van der Waals surface area contributed by atoms with Gasteiger partial charge in [-0.2, -0.15) is 0 Å². The number of hydrogen-bond acceptors (Lipinski definition) is 4. The number of halogens is 2. The Labute approximate surface area is 200 Å². The van der Waals surface area contributed by atoms with Gasteiger partial charge in [0.25, 0.3) is 0 Å². The molecule has 1 atom stereocenters. The Morgan fingerprint density at radius 1 is 1.19 bits per heavy atom. The monoisotopic (exact) mass is 476 g/mol. The van der Waals surface area contributed by atoms with Crippen molar-refractivity contribution in [3.63, 3.8) is 0 Å². The molecule has 4 rings (SSSR count). The number of carbonyl (C=O) groups is 2. The second-order valence-electron chi connectivity index (χ2n) is 8.86. The molecule has 2 saturated heterocycles. The Bertz CT molecular complexity index is 933. The van der Waals surface area contributed by atoms with Crippen LogP contribution >= 0.6 is 24.0 Å². The van der Waals surface area contributed by atoms with E-state index in [-0.39, 0.29) is 35.7 Å². The minimum atomic E-state index is -0.127. The molecular formula is C24H30Cl2N4O2. The lowest BCUT2D eigenvalue weighted by molar-refractivity contribution is -0.133. The maximum absolute atomic E-state index is 12.8. The van der Waals surface area contributed by atoms with Gasteiger partial charge in [0.2, 0.25) is 11.8 Å². The smallest absolute Gasteiger partial charge is 0.237 e. The van der Waals surface area contributed by atoms with Crippen LogP contribution in [0.4, 0.5) is 0 Å². The zero-order valence-electron chi connectivity index (χ0n) is 18.3. The number of carbonyl (C=O) groups excluding carboxylic acids is 2. The Morgan fingerprint density at radius 3 is 2.66 bits per heavy atom. The molecule has 1 unspecified atom stereocenters. The van der Waals surface area contributed by atoms with Crippen molar-refractivity contribution in [2.45, 2.75) is 38.3 Å². The Morgan fingerprint density at radius 2 is 1.97 bits per heavy atom. The zero-order chi connectivity index (χ0) is 21.8. The molecule has 8 heteroatoms. The number of pyridine rings is 1. The number of nitrogens with one attached hydrogen (secondary N) is 1. The van der Waals surface area contributed by atoms with E-state index in [0.717, 1.165) is 50.2 Å². The van der Waals surface area contributed by atoms with Gasteiger partial charge < -0.3 is 10.2 Å². The third kappa shape index (κ3) is 5.80. The first-order valence-electron chi connectivity index (χ1n) is 10.8. The van der Waals surface area contributed by atoms with E-state index >= 15 is 0 Å². The molecule has 1 N–H and O–H groups in total. The van der Waals surface area contributed by atoms with E-state index < -0.39 is 0 Å². The number of piperidine rings is 1. The number of aromatic nitrogens is 1. The van der Waals surface area contributed by atoms with Crippen LogP contribution in [0.3, 0.4) is 0 Å². The number of likely N-dealkylation sites (tertiary alicyclic amines) is 2. The van der Waals surface area contributed by atoms with Crippen molar-refractivity contribution in [1.29, 1.82) is 0 Å². The summed E-state index contributed by atoms with van der Waals surface area (Å²) >= 11 is 6.04. The SMILES string of the molecule is CN1CC2(CCN(C(=O)Cc3cccc(Cl)c3)CC2)CC1C(=O)NCc1ccccn1.Cl. The number of amides is 2. The average molecular weight is 477 g/mol. The lowest BCUT2D eigenvalue weighted by Crippen LogP contribution is -2.44. The summed E-state index contributed by atoms with van der Waals surface area (Å²) < 4.78 is 0. The maximum Gasteiger partial charge on any atom is 0.237 e. The molecule has 2 amide bonds. The van der Waals surface area contributed by atoms with Crippen LogP contribution in [-0.2, 0) is 22.6 Å². The van der Waals surface area contributed by atoms with E-state index in [1.807, 2.05) is 54.4 Å². The largest absolute Gasteiger partial charge is 0.349 e. The van der Waals surface area contributed by atoms with E-state index in [1.54, 1.807) is 6.20 Å². The molecule has 1 aromatic heterocycles. The molecule has 2 aliphatic heterocycles. The van der Waals surface area contributed by atoms with Gasteiger partial charge in [-0.1, -0.05) is 29.8 Å². The molecule has 1 spiro atoms. The van der Waals surface area contributed by atoms with Gasteiger partial charge in [-0.15, -0.1) is 12.4 Å². The van der Waals surface area contributed by atoms with Crippen LogP contribution in [0.2, 0.25) is 5.02 Å². The molecule has 2 aromatic rings. The van der Waals surface area contributed by atoms with Crippen molar-refractivity contribution in [3.05, 3.63) is 64.9 Å². The highest BCUT2D eigenvalue weighted by atomic mass is 35.5. The van der Waals surface area contributed by atoms with Crippen LogP contribution in [0.1, 0.15) is 30.5 Å². The van der Waals surface area contributed by atoms with Crippen LogP contribution in [0.25, 0.3) is 0 Å². The van der Waals surface area contributed by atoms with Crippen LogP contribution in [0.5, 0.6) is 0 Å². The molecule has 2 fully saturated rings. The van der Waals surface area contributed by atoms with Crippen molar-refractivity contribution in [3.8, 4) is 0 Å². The second-order valence-corrected chi connectivity index (χ2v) is 9.30. The summed E-state index contributed by atoms with van der Waals surface area (Å²) in [5, 5.41) is 3.69. The Hall–Kier alpha value is -2.15. The highest BCUT2D eigenvalue weighted by Crippen LogP contribution is 2.43. The molecule has 172 valence electrons. The molecule has 0 bridgehead atoms. The van der Waals surface area contributed by atoms with E-state index in [9.17, 15) is 9.59 Å². The Kier molecular flexibility index (Phi) is 8.15. The third-order valence-electron chi connectivity index (χ3n) is 6.64. The first kappa shape index (κ1) is 24.5. The van der Waals surface area contributed by atoms with Gasteiger partial charge in [0.1, 0.15) is 0 Å². The summed E-state index contributed by atoms with van der Waals surface area (Å²) in [5.41, 5.74) is 1.91. The molecule has 32 heavy (non-hydrogen) atoms. The van der Waals surface area contributed by atoms with Crippen LogP contribution in [0.15, 0.2) is 48.7 Å². The van der Waals surface area contributed by atoms with Gasteiger partial charge in [0.15, 0.2) is 0 Å². The fraction of sp³-hybridized carbons (Fsp3) is 0.458. The van der Waals surface area contributed by atoms with Gasteiger partial charge in [0, 0.05) is 30.9 Å². The predicted octanol–water partition coefficient (Wildman–Crippen LogP) is 3.33. The van der Waals surface area contributed by atoms with Gasteiger partial charge in [-0.25, -0.2) is 0 Å². The number of likely N-dealkylation sites (N-methyl/N-ethyl adjacent to an activating group) is 1. The van der Waals surface area contributed by atoms with Crippen LogP contribution in [-0.4, -0.2) is 59.3 Å². The molecule has 0 aliphatic carbocycles. The lowest BCUT2D eigenvalue weighted by atomic mass is 9.76. The quantitative estimate of drug-likeness (QED) is 0.718. The molecule has 0 saturated carbocycles. The van der Waals surface area contributed by atoms with Crippen molar-refractivity contribution in [1.82, 2.24) is 20.1 Å². The molecule has 3 heterocycles. The topological polar surface area (TPSA) is 65.5 Å². The van der Waals surface area contributed by atoms with E-state index in [4.69, 9.17) is 11.6 Å². The van der Waals surface area contributed by atoms with E-state index in [1.165, 1.54) is 0 Å². The van der Waals surface area contributed by atoms with Crippen molar-refractivity contribution < 1.29 is 9.59 Å².